The molecule has 2 amide bonds. The Hall–Kier alpha value is -1.77. The lowest BCUT2D eigenvalue weighted by molar-refractivity contribution is -0.136. The number of hydrogen-bond acceptors (Lipinski definition) is 4. The van der Waals surface area contributed by atoms with E-state index in [2.05, 4.69) is 6.07 Å². The summed E-state index contributed by atoms with van der Waals surface area (Å²) in [6.07, 6.45) is 3.39. The standard InChI is InChI=1S/C17H27N3O3/c1-5-12-8-9-14(20(12)16(22)23-17(2,3)4)15(21)19-10-6-7-13(19)11-18/h12-14H,5-10H2,1-4H3/t12-,13-,14-/m0/s1. The fraction of sp³-hybridized carbons (Fsp3) is 0.824. The predicted molar refractivity (Wildman–Crippen MR) is 85.5 cm³/mol. The van der Waals surface area contributed by atoms with E-state index < -0.39 is 17.7 Å². The van der Waals surface area contributed by atoms with Gasteiger partial charge in [0.15, 0.2) is 0 Å². The molecule has 0 unspecified atom stereocenters. The van der Waals surface area contributed by atoms with E-state index in [1.54, 1.807) is 9.80 Å². The van der Waals surface area contributed by atoms with Crippen LogP contribution in [-0.2, 0) is 9.53 Å². The van der Waals surface area contributed by atoms with Crippen LogP contribution in [0.1, 0.15) is 59.8 Å². The third-order valence-corrected chi connectivity index (χ3v) is 4.55. The highest BCUT2D eigenvalue weighted by atomic mass is 16.6. The van der Waals surface area contributed by atoms with Gasteiger partial charge in [-0.3, -0.25) is 9.69 Å². The summed E-state index contributed by atoms with van der Waals surface area (Å²) in [7, 11) is 0. The fourth-order valence-electron chi connectivity index (χ4n) is 3.47. The highest BCUT2D eigenvalue weighted by molar-refractivity contribution is 5.87. The molecule has 0 aromatic heterocycles. The first-order chi connectivity index (χ1) is 10.8. The molecule has 0 aromatic rings. The smallest absolute Gasteiger partial charge is 0.411 e. The minimum atomic E-state index is -0.589. The van der Waals surface area contributed by atoms with Gasteiger partial charge in [-0.05, 0) is 52.9 Å². The second-order valence-electron chi connectivity index (χ2n) is 7.36. The Labute approximate surface area is 138 Å². The first-order valence-electron chi connectivity index (χ1n) is 8.50. The van der Waals surface area contributed by atoms with Crippen molar-refractivity contribution < 1.29 is 14.3 Å². The monoisotopic (exact) mass is 321 g/mol. The van der Waals surface area contributed by atoms with E-state index in [1.807, 2.05) is 27.7 Å². The highest BCUT2D eigenvalue weighted by Crippen LogP contribution is 2.31. The van der Waals surface area contributed by atoms with Crippen LogP contribution in [0.4, 0.5) is 4.79 Å². The average Bonchev–Trinajstić information content (AvgIpc) is 3.10. The maximum absolute atomic E-state index is 12.9. The lowest BCUT2D eigenvalue weighted by atomic mass is 10.1. The summed E-state index contributed by atoms with van der Waals surface area (Å²) in [5.74, 6) is -0.101. The van der Waals surface area contributed by atoms with Gasteiger partial charge in [-0.15, -0.1) is 0 Å². The number of ether oxygens (including phenoxy) is 1. The molecule has 6 heteroatoms. The summed E-state index contributed by atoms with van der Waals surface area (Å²) in [4.78, 5) is 28.7. The Morgan fingerprint density at radius 3 is 2.52 bits per heavy atom. The van der Waals surface area contributed by atoms with Crippen molar-refractivity contribution >= 4 is 12.0 Å². The van der Waals surface area contributed by atoms with Crippen LogP contribution in [0.15, 0.2) is 0 Å². The van der Waals surface area contributed by atoms with Crippen LogP contribution in [0.25, 0.3) is 0 Å². The topological polar surface area (TPSA) is 73.6 Å². The molecule has 0 saturated carbocycles. The summed E-state index contributed by atoms with van der Waals surface area (Å²) in [5.41, 5.74) is -0.589. The Morgan fingerprint density at radius 2 is 1.96 bits per heavy atom. The number of rotatable bonds is 2. The van der Waals surface area contributed by atoms with E-state index in [0.29, 0.717) is 13.0 Å². The molecule has 128 valence electrons. The van der Waals surface area contributed by atoms with Gasteiger partial charge in [0.25, 0.3) is 0 Å². The number of amides is 2. The summed E-state index contributed by atoms with van der Waals surface area (Å²) in [5, 5.41) is 9.21. The van der Waals surface area contributed by atoms with Gasteiger partial charge in [-0.25, -0.2) is 4.79 Å². The molecule has 2 fully saturated rings. The molecule has 0 N–H and O–H groups in total. The van der Waals surface area contributed by atoms with Gasteiger partial charge >= 0.3 is 6.09 Å². The Morgan fingerprint density at radius 1 is 1.26 bits per heavy atom. The number of carbonyl (C=O) groups is 2. The van der Waals surface area contributed by atoms with Crippen molar-refractivity contribution in [3.05, 3.63) is 0 Å². The highest BCUT2D eigenvalue weighted by Gasteiger charge is 2.45. The van der Waals surface area contributed by atoms with E-state index in [1.165, 1.54) is 0 Å². The molecule has 0 aromatic carbocycles. The molecule has 2 aliphatic rings. The minimum absolute atomic E-state index is 0.0296. The van der Waals surface area contributed by atoms with Crippen LogP contribution >= 0.6 is 0 Å². The van der Waals surface area contributed by atoms with Gasteiger partial charge < -0.3 is 9.64 Å². The number of hydrogen-bond donors (Lipinski definition) is 0. The molecule has 2 heterocycles. The summed E-state index contributed by atoms with van der Waals surface area (Å²) in [6, 6.07) is 1.37. The van der Waals surface area contributed by atoms with E-state index >= 15 is 0 Å². The lowest BCUT2D eigenvalue weighted by Gasteiger charge is -2.33. The maximum Gasteiger partial charge on any atom is 0.411 e. The lowest BCUT2D eigenvalue weighted by Crippen LogP contribution is -2.52. The van der Waals surface area contributed by atoms with Gasteiger partial charge in [0.05, 0.1) is 6.07 Å². The molecule has 0 radical (unpaired) electrons. The quantitative estimate of drug-likeness (QED) is 0.784. The molecule has 6 nitrogen and oxygen atoms in total. The number of nitrogens with zero attached hydrogens (tertiary/aromatic N) is 3. The van der Waals surface area contributed by atoms with Gasteiger partial charge in [0, 0.05) is 12.6 Å². The molecular formula is C17H27N3O3. The molecule has 3 atom stereocenters. The SMILES string of the molecule is CC[C@H]1CC[C@@H](C(=O)N2CCC[C@H]2C#N)N1C(=O)OC(C)(C)C. The van der Waals surface area contributed by atoms with Crippen LogP contribution in [0.5, 0.6) is 0 Å². The zero-order chi connectivity index (χ0) is 17.2. The minimum Gasteiger partial charge on any atom is -0.444 e. The third kappa shape index (κ3) is 3.77. The first-order valence-corrected chi connectivity index (χ1v) is 8.50. The largest absolute Gasteiger partial charge is 0.444 e. The zero-order valence-corrected chi connectivity index (χ0v) is 14.5. The number of nitriles is 1. The van der Waals surface area contributed by atoms with Gasteiger partial charge in [-0.1, -0.05) is 6.92 Å². The Balaban J connectivity index is 2.17. The Bertz CT molecular complexity index is 506. The molecule has 2 saturated heterocycles. The van der Waals surface area contributed by atoms with Crippen molar-refractivity contribution in [2.24, 2.45) is 0 Å². The van der Waals surface area contributed by atoms with Crippen molar-refractivity contribution in [1.29, 1.82) is 5.26 Å². The van der Waals surface area contributed by atoms with Crippen LogP contribution < -0.4 is 0 Å². The van der Waals surface area contributed by atoms with E-state index in [0.717, 1.165) is 25.7 Å². The third-order valence-electron chi connectivity index (χ3n) is 4.55. The van der Waals surface area contributed by atoms with Crippen molar-refractivity contribution in [2.45, 2.75) is 83.5 Å². The maximum atomic E-state index is 12.9. The zero-order valence-electron chi connectivity index (χ0n) is 14.5. The molecule has 0 bridgehead atoms. The van der Waals surface area contributed by atoms with Crippen LogP contribution in [-0.4, -0.2) is 52.1 Å². The molecule has 0 spiro atoms. The molecule has 2 aliphatic heterocycles. The van der Waals surface area contributed by atoms with Crippen molar-refractivity contribution in [3.63, 3.8) is 0 Å². The van der Waals surface area contributed by atoms with Crippen LogP contribution in [0, 0.1) is 11.3 Å². The van der Waals surface area contributed by atoms with Gasteiger partial charge in [-0.2, -0.15) is 5.26 Å². The van der Waals surface area contributed by atoms with E-state index in [4.69, 9.17) is 4.74 Å². The van der Waals surface area contributed by atoms with Crippen LogP contribution in [0.2, 0.25) is 0 Å². The second-order valence-corrected chi connectivity index (χ2v) is 7.36. The van der Waals surface area contributed by atoms with Crippen molar-refractivity contribution in [3.8, 4) is 6.07 Å². The predicted octanol–water partition coefficient (Wildman–Crippen LogP) is 2.68. The molecular weight excluding hydrogens is 294 g/mol. The number of carbonyl (C=O) groups excluding carboxylic acids is 2. The van der Waals surface area contributed by atoms with Gasteiger partial charge in [0.1, 0.15) is 17.7 Å². The first kappa shape index (κ1) is 17.6. The second kappa shape index (κ2) is 6.77. The summed E-state index contributed by atoms with van der Waals surface area (Å²) in [6.45, 7) is 8.09. The number of likely N-dealkylation sites (tertiary alicyclic amines) is 2. The van der Waals surface area contributed by atoms with Gasteiger partial charge in [0.2, 0.25) is 5.91 Å². The Kier molecular flexibility index (Phi) is 5.18. The van der Waals surface area contributed by atoms with Crippen molar-refractivity contribution in [2.75, 3.05) is 6.54 Å². The van der Waals surface area contributed by atoms with Crippen molar-refractivity contribution in [1.82, 2.24) is 9.80 Å². The average molecular weight is 321 g/mol. The molecule has 0 aliphatic carbocycles. The molecule has 2 rings (SSSR count). The fourth-order valence-corrected chi connectivity index (χ4v) is 3.47. The molecule has 23 heavy (non-hydrogen) atoms. The normalized spacial score (nSPS) is 27.9. The van der Waals surface area contributed by atoms with Crippen LogP contribution in [0.3, 0.4) is 0 Å². The van der Waals surface area contributed by atoms with E-state index in [-0.39, 0.29) is 18.0 Å². The summed E-state index contributed by atoms with van der Waals surface area (Å²) < 4.78 is 5.50. The summed E-state index contributed by atoms with van der Waals surface area (Å²) >= 11 is 0. The van der Waals surface area contributed by atoms with E-state index in [9.17, 15) is 14.9 Å².